The second-order valence-electron chi connectivity index (χ2n) is 7.78. The molecule has 0 bridgehead atoms. The number of nitrogens with two attached hydrogens (primary N) is 1. The number of aromatic nitrogens is 5. The summed E-state index contributed by atoms with van der Waals surface area (Å²) in [5.41, 5.74) is 3.06. The van der Waals surface area contributed by atoms with Gasteiger partial charge in [0.2, 0.25) is 0 Å². The lowest BCUT2D eigenvalue weighted by Gasteiger charge is -2.17. The van der Waals surface area contributed by atoms with E-state index in [1.54, 1.807) is 0 Å². The molecular formula is C19H25N7O6S. The highest BCUT2D eigenvalue weighted by Crippen LogP contribution is 2.34. The zero-order valence-electron chi connectivity index (χ0n) is 17.8. The molecule has 1 saturated carbocycles. The van der Waals surface area contributed by atoms with Crippen LogP contribution < -0.4 is 10.5 Å². The van der Waals surface area contributed by atoms with Gasteiger partial charge in [-0.15, -0.1) is 5.10 Å². The molecule has 178 valence electrons. The van der Waals surface area contributed by atoms with Crippen LogP contribution in [-0.2, 0) is 25.8 Å². The molecule has 2 heterocycles. The van der Waals surface area contributed by atoms with Gasteiger partial charge < -0.3 is 20.3 Å². The summed E-state index contributed by atoms with van der Waals surface area (Å²) in [5, 5.41) is 37.2. The Morgan fingerprint density at radius 2 is 1.94 bits per heavy atom. The number of aliphatic hydroxyl groups is 2. The van der Waals surface area contributed by atoms with Crippen LogP contribution in [0.25, 0.3) is 11.2 Å². The molecule has 1 aromatic carbocycles. The van der Waals surface area contributed by atoms with E-state index < -0.39 is 34.7 Å². The van der Waals surface area contributed by atoms with Crippen LogP contribution in [0.3, 0.4) is 0 Å². The predicted octanol–water partition coefficient (Wildman–Crippen LogP) is -0.586. The first-order chi connectivity index (χ1) is 15.7. The van der Waals surface area contributed by atoms with Crippen molar-refractivity contribution in [3.63, 3.8) is 0 Å². The average Bonchev–Trinajstić information content (AvgIpc) is 3.32. The molecule has 1 aliphatic rings. The van der Waals surface area contributed by atoms with Crippen LogP contribution in [0.15, 0.2) is 30.6 Å². The third-order valence-corrected chi connectivity index (χ3v) is 5.91. The first kappa shape index (κ1) is 23.4. The molecule has 4 atom stereocenters. The van der Waals surface area contributed by atoms with Crippen molar-refractivity contribution in [2.24, 2.45) is 5.14 Å². The Morgan fingerprint density at radius 3 is 2.67 bits per heavy atom. The maximum Gasteiger partial charge on any atom is 0.333 e. The first-order valence-corrected chi connectivity index (χ1v) is 11.7. The van der Waals surface area contributed by atoms with Gasteiger partial charge in [-0.25, -0.2) is 19.8 Å². The Kier molecular flexibility index (Phi) is 6.83. The minimum atomic E-state index is -4.08. The van der Waals surface area contributed by atoms with Gasteiger partial charge in [0.15, 0.2) is 17.0 Å². The Labute approximate surface area is 189 Å². The van der Waals surface area contributed by atoms with E-state index in [1.807, 2.05) is 31.2 Å². The molecule has 5 N–H and O–H groups in total. The maximum absolute atomic E-state index is 10.8. The Bertz CT molecular complexity index is 1200. The Morgan fingerprint density at radius 1 is 1.18 bits per heavy atom. The lowest BCUT2D eigenvalue weighted by Crippen LogP contribution is -2.33. The van der Waals surface area contributed by atoms with Crippen LogP contribution in [0.4, 0.5) is 5.82 Å². The van der Waals surface area contributed by atoms with Gasteiger partial charge in [0.25, 0.3) is 0 Å². The summed E-state index contributed by atoms with van der Waals surface area (Å²) in [7, 11) is -4.08. The van der Waals surface area contributed by atoms with Crippen LogP contribution in [-0.4, -0.2) is 75.1 Å². The third kappa shape index (κ3) is 5.43. The van der Waals surface area contributed by atoms with Gasteiger partial charge in [-0.2, -0.15) is 8.42 Å². The summed E-state index contributed by atoms with van der Waals surface area (Å²) in [4.78, 5) is 8.50. The molecule has 0 spiro atoms. The van der Waals surface area contributed by atoms with Gasteiger partial charge in [-0.3, -0.25) is 4.18 Å². The number of rotatable bonds is 9. The summed E-state index contributed by atoms with van der Waals surface area (Å²) in [6.45, 7) is 2.11. The van der Waals surface area contributed by atoms with Crippen molar-refractivity contribution in [2.45, 2.75) is 44.2 Å². The molecule has 1 aliphatic carbocycles. The molecule has 3 aromatic rings. The fourth-order valence-corrected chi connectivity index (χ4v) is 4.03. The molecule has 0 aliphatic heterocycles. The maximum atomic E-state index is 10.8. The molecule has 33 heavy (non-hydrogen) atoms. The predicted molar refractivity (Wildman–Crippen MR) is 116 cm³/mol. The van der Waals surface area contributed by atoms with Crippen molar-refractivity contribution < 1.29 is 27.6 Å². The van der Waals surface area contributed by atoms with Crippen molar-refractivity contribution in [3.8, 4) is 0 Å². The van der Waals surface area contributed by atoms with E-state index in [0.29, 0.717) is 23.5 Å². The number of benzene rings is 1. The van der Waals surface area contributed by atoms with Gasteiger partial charge in [0, 0.05) is 13.0 Å². The minimum absolute atomic E-state index is 0.134. The van der Waals surface area contributed by atoms with Crippen LogP contribution in [0.1, 0.15) is 23.6 Å². The SMILES string of the molecule is Cc1ccc(CNc2ncnc3c2nnn3[C@H]2C[C@@H](OCCOS(N)(=O)=O)[C@H](O)[C@@H]2O)cc1. The molecule has 4 rings (SSSR count). The van der Waals surface area contributed by atoms with Crippen molar-refractivity contribution in [3.05, 3.63) is 41.7 Å². The molecule has 13 nitrogen and oxygen atoms in total. The number of nitrogens with zero attached hydrogens (tertiary/aromatic N) is 5. The van der Waals surface area contributed by atoms with Gasteiger partial charge in [-0.05, 0) is 12.5 Å². The Hall–Kier alpha value is -2.75. The molecule has 0 saturated heterocycles. The number of aliphatic hydroxyl groups excluding tert-OH is 2. The van der Waals surface area contributed by atoms with E-state index >= 15 is 0 Å². The number of aryl methyl sites for hydroxylation is 1. The smallest absolute Gasteiger partial charge is 0.333 e. The highest BCUT2D eigenvalue weighted by atomic mass is 32.2. The molecule has 14 heteroatoms. The van der Waals surface area contributed by atoms with Crippen LogP contribution in [0, 0.1) is 6.92 Å². The quantitative estimate of drug-likeness (QED) is 0.287. The number of hydrogen-bond acceptors (Lipinski definition) is 11. The lowest BCUT2D eigenvalue weighted by molar-refractivity contribution is -0.0612. The number of anilines is 1. The summed E-state index contributed by atoms with van der Waals surface area (Å²) < 4.78 is 33.0. The summed E-state index contributed by atoms with van der Waals surface area (Å²) in [6, 6.07) is 7.42. The van der Waals surface area contributed by atoms with Gasteiger partial charge in [0.05, 0.1) is 25.4 Å². The molecule has 2 aromatic heterocycles. The largest absolute Gasteiger partial charge is 0.388 e. The minimum Gasteiger partial charge on any atom is -0.388 e. The van der Waals surface area contributed by atoms with E-state index in [-0.39, 0.29) is 19.6 Å². The molecule has 0 radical (unpaired) electrons. The van der Waals surface area contributed by atoms with Gasteiger partial charge in [0.1, 0.15) is 18.5 Å². The van der Waals surface area contributed by atoms with E-state index in [4.69, 9.17) is 9.88 Å². The normalized spacial score (nSPS) is 23.3. The van der Waals surface area contributed by atoms with Crippen molar-refractivity contribution >= 4 is 27.3 Å². The Balaban J connectivity index is 1.45. The van der Waals surface area contributed by atoms with Crippen molar-refractivity contribution in [1.82, 2.24) is 25.0 Å². The zero-order valence-corrected chi connectivity index (χ0v) is 18.6. The number of ether oxygens (including phenoxy) is 1. The standard InChI is InChI=1S/C19H25N7O6S/c1-11-2-4-12(5-3-11)9-21-18-15-19(23-10-22-18)26(25-24-15)13-8-14(17(28)16(13)27)31-6-7-32-33(20,29)30/h2-5,10,13-14,16-17,27-28H,6-9H2,1H3,(H2,20,29,30)(H,21,22,23)/t13-,14+,16+,17-/m0/s1. The van der Waals surface area contributed by atoms with Crippen LogP contribution in [0.5, 0.6) is 0 Å². The molecule has 1 fully saturated rings. The number of hydrogen-bond donors (Lipinski definition) is 4. The average molecular weight is 480 g/mol. The molecule has 0 amide bonds. The van der Waals surface area contributed by atoms with Crippen LogP contribution >= 0.6 is 0 Å². The first-order valence-electron chi connectivity index (χ1n) is 10.2. The van der Waals surface area contributed by atoms with Crippen molar-refractivity contribution in [2.75, 3.05) is 18.5 Å². The monoisotopic (exact) mass is 479 g/mol. The van der Waals surface area contributed by atoms with Gasteiger partial charge >= 0.3 is 10.3 Å². The van der Waals surface area contributed by atoms with E-state index in [1.165, 1.54) is 16.6 Å². The van der Waals surface area contributed by atoms with E-state index in [2.05, 4.69) is 29.8 Å². The fraction of sp³-hybridized carbons (Fsp3) is 0.474. The number of fused-ring (bicyclic) bond motifs is 1. The lowest BCUT2D eigenvalue weighted by atomic mass is 10.1. The zero-order chi connectivity index (χ0) is 23.6. The third-order valence-electron chi connectivity index (χ3n) is 5.42. The molecular weight excluding hydrogens is 454 g/mol. The summed E-state index contributed by atoms with van der Waals surface area (Å²) >= 11 is 0. The summed E-state index contributed by atoms with van der Waals surface area (Å²) in [5.74, 6) is 0.493. The highest BCUT2D eigenvalue weighted by Gasteiger charge is 2.44. The second kappa shape index (κ2) is 9.62. The van der Waals surface area contributed by atoms with E-state index in [0.717, 1.165) is 5.56 Å². The number of nitrogens with one attached hydrogen (secondary N) is 1. The second-order valence-corrected chi connectivity index (χ2v) is 9.00. The molecule has 0 unspecified atom stereocenters. The van der Waals surface area contributed by atoms with Crippen LogP contribution in [0.2, 0.25) is 0 Å². The van der Waals surface area contributed by atoms with Crippen molar-refractivity contribution in [1.29, 1.82) is 0 Å². The topological polar surface area (TPSA) is 188 Å². The summed E-state index contributed by atoms with van der Waals surface area (Å²) in [6.07, 6.45) is -1.61. The highest BCUT2D eigenvalue weighted by molar-refractivity contribution is 7.84. The van der Waals surface area contributed by atoms with Gasteiger partial charge in [-0.1, -0.05) is 35.0 Å². The van der Waals surface area contributed by atoms with E-state index in [9.17, 15) is 18.6 Å². The fourth-order valence-electron chi connectivity index (χ4n) is 3.73.